The predicted molar refractivity (Wildman–Crippen MR) is 144 cm³/mol. The lowest BCUT2D eigenvalue weighted by molar-refractivity contribution is -0.138. The Hall–Kier alpha value is -2.90. The summed E-state index contributed by atoms with van der Waals surface area (Å²) in [5.41, 5.74) is 2.98. The molecule has 3 aromatic rings. The molecule has 190 valence electrons. The van der Waals surface area contributed by atoms with Crippen molar-refractivity contribution < 1.29 is 18.5 Å². The van der Waals surface area contributed by atoms with Gasteiger partial charge in [-0.25, -0.2) is 0 Å². The molecule has 2 aliphatic rings. The van der Waals surface area contributed by atoms with Crippen molar-refractivity contribution in [3.05, 3.63) is 60.4 Å². The normalized spacial score (nSPS) is 17.6. The van der Waals surface area contributed by atoms with Crippen molar-refractivity contribution in [3.63, 3.8) is 0 Å². The summed E-state index contributed by atoms with van der Waals surface area (Å²) in [6, 6.07) is 18.3. The van der Waals surface area contributed by atoms with Gasteiger partial charge in [0.1, 0.15) is 16.9 Å². The molecular formula is C29H36N2O4Si. The molecule has 36 heavy (non-hydrogen) atoms. The Morgan fingerprint density at radius 1 is 0.972 bits per heavy atom. The fraction of sp³-hybridized carbons (Fsp3) is 0.448. The molecule has 2 heterocycles. The highest BCUT2D eigenvalue weighted by molar-refractivity contribution is 6.74. The molecule has 1 saturated heterocycles. The summed E-state index contributed by atoms with van der Waals surface area (Å²) in [5, 5.41) is 4.66. The SMILES string of the molecule is CC(C)(C)[Si](C)(C)Oc1ccc(-c2noc(C3(C(=O)N4CCOCC4)CC3)c2-c2ccccc2)cc1. The largest absolute Gasteiger partial charge is 0.544 e. The molecule has 5 rings (SSSR count). The van der Waals surface area contributed by atoms with Gasteiger partial charge < -0.3 is 18.6 Å². The third-order valence-electron chi connectivity index (χ3n) is 7.95. The lowest BCUT2D eigenvalue weighted by Gasteiger charge is -2.36. The van der Waals surface area contributed by atoms with Gasteiger partial charge in [-0.05, 0) is 60.8 Å². The standard InChI is InChI=1S/C29H36N2O4Si/c1-28(2,3)36(4,5)35-23-13-11-22(12-14-23)25-24(21-9-7-6-8-10-21)26(34-30-25)29(15-16-29)27(32)31-17-19-33-20-18-31/h6-14H,15-20H2,1-5H3. The van der Waals surface area contributed by atoms with Crippen LogP contribution in [0.15, 0.2) is 59.1 Å². The molecule has 0 unspecified atom stereocenters. The Bertz CT molecular complexity index is 1220. The molecule has 1 aromatic heterocycles. The van der Waals surface area contributed by atoms with E-state index in [0.717, 1.165) is 41.0 Å². The number of ether oxygens (including phenoxy) is 1. The Morgan fingerprint density at radius 3 is 2.19 bits per heavy atom. The maximum atomic E-state index is 13.6. The number of benzene rings is 2. The number of hydrogen-bond acceptors (Lipinski definition) is 5. The van der Waals surface area contributed by atoms with E-state index >= 15 is 0 Å². The summed E-state index contributed by atoms with van der Waals surface area (Å²) < 4.78 is 18.0. The first-order chi connectivity index (χ1) is 17.1. The van der Waals surface area contributed by atoms with Gasteiger partial charge in [0.15, 0.2) is 5.76 Å². The van der Waals surface area contributed by atoms with Crippen molar-refractivity contribution in [2.75, 3.05) is 26.3 Å². The van der Waals surface area contributed by atoms with E-state index in [0.29, 0.717) is 32.1 Å². The molecule has 6 nitrogen and oxygen atoms in total. The zero-order chi connectivity index (χ0) is 25.6. The minimum Gasteiger partial charge on any atom is -0.544 e. The fourth-order valence-corrected chi connectivity index (χ4v) is 5.58. The molecular weight excluding hydrogens is 468 g/mol. The highest BCUT2D eigenvalue weighted by Crippen LogP contribution is 2.54. The number of carbonyl (C=O) groups excluding carboxylic acids is 1. The van der Waals surface area contributed by atoms with Crippen LogP contribution < -0.4 is 4.43 Å². The number of nitrogens with zero attached hydrogens (tertiary/aromatic N) is 2. The van der Waals surface area contributed by atoms with Gasteiger partial charge in [-0.15, -0.1) is 0 Å². The molecule has 2 aromatic carbocycles. The van der Waals surface area contributed by atoms with Crippen LogP contribution in [0.1, 0.15) is 39.4 Å². The van der Waals surface area contributed by atoms with Crippen LogP contribution in [0.3, 0.4) is 0 Å². The van der Waals surface area contributed by atoms with Gasteiger partial charge in [-0.3, -0.25) is 4.79 Å². The number of amides is 1. The van der Waals surface area contributed by atoms with Gasteiger partial charge in [0, 0.05) is 18.7 Å². The quantitative estimate of drug-likeness (QED) is 0.370. The first kappa shape index (κ1) is 24.8. The maximum Gasteiger partial charge on any atom is 0.250 e. The van der Waals surface area contributed by atoms with Crippen molar-refractivity contribution in [2.24, 2.45) is 0 Å². The van der Waals surface area contributed by atoms with E-state index in [9.17, 15) is 4.79 Å². The zero-order valence-corrected chi connectivity index (χ0v) is 23.0. The number of rotatable bonds is 6. The lowest BCUT2D eigenvalue weighted by atomic mass is 9.91. The molecule has 0 spiro atoms. The average Bonchev–Trinajstić information content (AvgIpc) is 3.55. The van der Waals surface area contributed by atoms with E-state index in [1.165, 1.54) is 0 Å². The Morgan fingerprint density at radius 2 is 1.61 bits per heavy atom. The van der Waals surface area contributed by atoms with Crippen molar-refractivity contribution in [1.82, 2.24) is 10.1 Å². The van der Waals surface area contributed by atoms with Gasteiger partial charge in [0.2, 0.25) is 14.2 Å². The summed E-state index contributed by atoms with van der Waals surface area (Å²) in [5.74, 6) is 1.68. The van der Waals surface area contributed by atoms with E-state index in [-0.39, 0.29) is 10.9 Å². The van der Waals surface area contributed by atoms with E-state index in [4.69, 9.17) is 13.7 Å². The number of morpholine rings is 1. The molecule has 0 bridgehead atoms. The summed E-state index contributed by atoms with van der Waals surface area (Å²) in [4.78, 5) is 15.6. The van der Waals surface area contributed by atoms with Crippen molar-refractivity contribution >= 4 is 14.2 Å². The van der Waals surface area contributed by atoms with Crippen LogP contribution >= 0.6 is 0 Å². The summed E-state index contributed by atoms with van der Waals surface area (Å²) in [6.45, 7) is 13.6. The second-order valence-electron chi connectivity index (χ2n) is 11.5. The fourth-order valence-electron chi connectivity index (χ4n) is 4.55. The van der Waals surface area contributed by atoms with Crippen LogP contribution in [-0.4, -0.2) is 50.6 Å². The molecule has 0 radical (unpaired) electrons. The second-order valence-corrected chi connectivity index (χ2v) is 16.2. The van der Waals surface area contributed by atoms with Crippen molar-refractivity contribution in [3.8, 4) is 28.1 Å². The molecule has 0 N–H and O–H groups in total. The van der Waals surface area contributed by atoms with Crippen LogP contribution in [0.4, 0.5) is 0 Å². The Labute approximate surface area is 214 Å². The highest BCUT2D eigenvalue weighted by atomic mass is 28.4. The Balaban J connectivity index is 1.51. The zero-order valence-electron chi connectivity index (χ0n) is 22.0. The molecule has 1 aliphatic heterocycles. The topological polar surface area (TPSA) is 64.8 Å². The minimum atomic E-state index is -1.93. The second kappa shape index (κ2) is 9.20. The highest BCUT2D eigenvalue weighted by Gasteiger charge is 2.58. The van der Waals surface area contributed by atoms with E-state index in [1.54, 1.807) is 0 Å². The van der Waals surface area contributed by atoms with Crippen LogP contribution in [0.5, 0.6) is 5.75 Å². The first-order valence-corrected chi connectivity index (χ1v) is 15.8. The predicted octanol–water partition coefficient (Wildman–Crippen LogP) is 6.28. The van der Waals surface area contributed by atoms with E-state index in [2.05, 4.69) is 51.2 Å². The maximum absolute atomic E-state index is 13.6. The average molecular weight is 505 g/mol. The van der Waals surface area contributed by atoms with Gasteiger partial charge >= 0.3 is 0 Å². The summed E-state index contributed by atoms with van der Waals surface area (Å²) in [6.07, 6.45) is 1.55. The number of hydrogen-bond donors (Lipinski definition) is 0. The lowest BCUT2D eigenvalue weighted by Crippen LogP contribution is -2.45. The van der Waals surface area contributed by atoms with Crippen LogP contribution in [0.2, 0.25) is 18.1 Å². The number of aromatic nitrogens is 1. The Kier molecular flexibility index (Phi) is 6.33. The van der Waals surface area contributed by atoms with Crippen LogP contribution in [0, 0.1) is 0 Å². The van der Waals surface area contributed by atoms with Crippen LogP contribution in [-0.2, 0) is 14.9 Å². The molecule has 1 amide bonds. The third kappa shape index (κ3) is 4.50. The van der Waals surface area contributed by atoms with Gasteiger partial charge in [0.25, 0.3) is 0 Å². The summed E-state index contributed by atoms with van der Waals surface area (Å²) >= 11 is 0. The smallest absolute Gasteiger partial charge is 0.250 e. The molecule has 7 heteroatoms. The van der Waals surface area contributed by atoms with Gasteiger partial charge in [-0.1, -0.05) is 56.3 Å². The van der Waals surface area contributed by atoms with Crippen molar-refractivity contribution in [2.45, 2.75) is 57.2 Å². The van der Waals surface area contributed by atoms with Crippen LogP contribution in [0.25, 0.3) is 22.4 Å². The third-order valence-corrected chi connectivity index (χ3v) is 12.3. The van der Waals surface area contributed by atoms with Gasteiger partial charge in [-0.2, -0.15) is 0 Å². The molecule has 1 saturated carbocycles. The molecule has 0 atom stereocenters. The monoisotopic (exact) mass is 504 g/mol. The first-order valence-electron chi connectivity index (χ1n) is 12.8. The minimum absolute atomic E-state index is 0.124. The van der Waals surface area contributed by atoms with Crippen molar-refractivity contribution in [1.29, 1.82) is 0 Å². The molecule has 1 aliphatic carbocycles. The summed E-state index contributed by atoms with van der Waals surface area (Å²) in [7, 11) is -1.93. The van der Waals surface area contributed by atoms with Gasteiger partial charge in [0.05, 0.1) is 18.8 Å². The molecule has 2 fully saturated rings. The van der Waals surface area contributed by atoms with E-state index in [1.807, 2.05) is 47.4 Å². The number of carbonyl (C=O) groups is 1. The van der Waals surface area contributed by atoms with E-state index < -0.39 is 13.7 Å².